The lowest BCUT2D eigenvalue weighted by atomic mass is 10.0. The van der Waals surface area contributed by atoms with Gasteiger partial charge in [-0.3, -0.25) is 14.1 Å². The van der Waals surface area contributed by atoms with Crippen LogP contribution in [0.2, 0.25) is 0 Å². The summed E-state index contributed by atoms with van der Waals surface area (Å²) in [7, 11) is 6.36. The molecule has 38 heavy (non-hydrogen) atoms. The summed E-state index contributed by atoms with van der Waals surface area (Å²) in [6, 6.07) is 24.8. The Kier molecular flexibility index (Phi) is 13.5. The molecule has 0 aromatic heterocycles. The maximum atomic E-state index is 12.5. The Labute approximate surface area is 244 Å². The number of quaternary nitrogens is 1. The van der Waals surface area contributed by atoms with E-state index in [1.54, 1.807) is 0 Å². The summed E-state index contributed by atoms with van der Waals surface area (Å²) in [5.41, 5.74) is 3.55. The molecule has 5 nitrogen and oxygen atoms in total. The molecule has 0 amide bonds. The van der Waals surface area contributed by atoms with Crippen LogP contribution in [0.1, 0.15) is 60.0 Å². The van der Waals surface area contributed by atoms with E-state index in [1.807, 2.05) is 66.7 Å². The fourth-order valence-electron chi connectivity index (χ4n) is 4.02. The van der Waals surface area contributed by atoms with Crippen LogP contribution in [0, 0.1) is 0 Å². The van der Waals surface area contributed by atoms with Crippen molar-refractivity contribution >= 4 is 17.4 Å². The van der Waals surface area contributed by atoms with E-state index >= 15 is 0 Å². The van der Waals surface area contributed by atoms with Crippen molar-refractivity contribution in [1.29, 1.82) is 0 Å². The van der Waals surface area contributed by atoms with Gasteiger partial charge in [-0.05, 0) is 54.8 Å². The van der Waals surface area contributed by atoms with Crippen LogP contribution in [0.3, 0.4) is 0 Å². The van der Waals surface area contributed by atoms with E-state index in [2.05, 4.69) is 33.3 Å². The van der Waals surface area contributed by atoms with Crippen molar-refractivity contribution in [2.24, 2.45) is 0 Å². The number of nitrogens with zero attached hydrogens (tertiary/aromatic N) is 1. The molecule has 0 heterocycles. The van der Waals surface area contributed by atoms with Crippen molar-refractivity contribution in [2.45, 2.75) is 44.9 Å². The Morgan fingerprint density at radius 2 is 1.21 bits per heavy atom. The summed E-state index contributed by atoms with van der Waals surface area (Å²) in [5, 5.41) is 0. The molecule has 0 aliphatic rings. The topological polar surface area (TPSA) is 52.6 Å². The molecule has 0 N–H and O–H groups in total. The first-order valence-corrected chi connectivity index (χ1v) is 13.2. The van der Waals surface area contributed by atoms with Gasteiger partial charge in [0.15, 0.2) is 5.78 Å². The molecule has 0 aliphatic heterocycles. The van der Waals surface area contributed by atoms with Crippen molar-refractivity contribution in [3.8, 4) is 5.75 Å². The second-order valence-electron chi connectivity index (χ2n) is 10.3. The summed E-state index contributed by atoms with van der Waals surface area (Å²) < 4.78 is 12.0. The summed E-state index contributed by atoms with van der Waals surface area (Å²) in [5.74, 6) is 0.649. The summed E-state index contributed by atoms with van der Waals surface area (Å²) in [6.07, 6.45) is 6.64. The SMILES string of the molecule is C[N+](C)(C)c1ccc(CC(=O)OCCCCCCCCOc2ccc(C(=O)c3ccccc3)cc2)cc1.[I-]. The van der Waals surface area contributed by atoms with Gasteiger partial charge in [-0.15, -0.1) is 0 Å². The quantitative estimate of drug-likeness (QED) is 0.0848. The van der Waals surface area contributed by atoms with E-state index < -0.39 is 0 Å². The Morgan fingerprint density at radius 3 is 1.82 bits per heavy atom. The number of hydrogen-bond donors (Lipinski definition) is 0. The minimum atomic E-state index is -0.160. The highest BCUT2D eigenvalue weighted by Crippen LogP contribution is 2.18. The van der Waals surface area contributed by atoms with Gasteiger partial charge >= 0.3 is 5.97 Å². The van der Waals surface area contributed by atoms with Crippen LogP contribution in [-0.2, 0) is 16.0 Å². The minimum Gasteiger partial charge on any atom is -1.00 e. The second-order valence-corrected chi connectivity index (χ2v) is 10.3. The molecule has 3 aromatic carbocycles. The highest BCUT2D eigenvalue weighted by Gasteiger charge is 2.12. The van der Waals surface area contributed by atoms with Crippen LogP contribution in [-0.4, -0.2) is 46.1 Å². The van der Waals surface area contributed by atoms with Crippen LogP contribution in [0.15, 0.2) is 78.9 Å². The third kappa shape index (κ3) is 11.0. The average molecular weight is 630 g/mol. The van der Waals surface area contributed by atoms with Gasteiger partial charge in [-0.1, -0.05) is 68.1 Å². The third-order valence-electron chi connectivity index (χ3n) is 6.28. The zero-order valence-corrected chi connectivity index (χ0v) is 25.0. The lowest BCUT2D eigenvalue weighted by Crippen LogP contribution is -3.00. The predicted octanol–water partition coefficient (Wildman–Crippen LogP) is 3.62. The number of ketones is 1. The highest BCUT2D eigenvalue weighted by molar-refractivity contribution is 6.08. The Morgan fingerprint density at radius 1 is 0.658 bits per heavy atom. The van der Waals surface area contributed by atoms with Gasteiger partial charge in [-0.25, -0.2) is 0 Å². The summed E-state index contributed by atoms with van der Waals surface area (Å²) in [6.45, 7) is 1.15. The standard InChI is InChI=1S/C32H40NO4.HI/c1-33(2,3)29-19-15-26(16-20-29)25-31(34)37-24-12-7-5-4-6-11-23-36-30-21-17-28(18-22-30)32(35)27-13-9-8-10-14-27;/h8-10,13-22H,4-7,11-12,23-25H2,1-3H3;1H/q+1;/p-1. The van der Waals surface area contributed by atoms with E-state index in [-0.39, 0.29) is 35.7 Å². The molecule has 0 fully saturated rings. The molecule has 0 spiro atoms. The van der Waals surface area contributed by atoms with Crippen molar-refractivity contribution in [1.82, 2.24) is 4.48 Å². The molecule has 6 heteroatoms. The van der Waals surface area contributed by atoms with Crippen LogP contribution >= 0.6 is 0 Å². The van der Waals surface area contributed by atoms with E-state index in [0.29, 0.717) is 30.8 Å². The maximum absolute atomic E-state index is 12.5. The molecular formula is C32H40INO4. The van der Waals surface area contributed by atoms with Crippen LogP contribution in [0.5, 0.6) is 5.75 Å². The maximum Gasteiger partial charge on any atom is 0.310 e. The number of hydrogen-bond acceptors (Lipinski definition) is 4. The fourth-order valence-corrected chi connectivity index (χ4v) is 4.02. The second kappa shape index (κ2) is 16.3. The first-order chi connectivity index (χ1) is 17.8. The molecule has 0 bridgehead atoms. The number of unbranched alkanes of at least 4 members (excludes halogenated alkanes) is 5. The number of benzene rings is 3. The molecule has 0 saturated carbocycles. The number of esters is 1. The third-order valence-corrected chi connectivity index (χ3v) is 6.28. The summed E-state index contributed by atoms with van der Waals surface area (Å²) >= 11 is 0. The number of rotatable bonds is 15. The monoisotopic (exact) mass is 629 g/mol. The van der Waals surface area contributed by atoms with E-state index in [4.69, 9.17) is 9.47 Å². The molecular weight excluding hydrogens is 589 g/mol. The number of carbonyl (C=O) groups excluding carboxylic acids is 2. The molecule has 0 radical (unpaired) electrons. The zero-order chi connectivity index (χ0) is 26.5. The molecule has 0 saturated heterocycles. The Bertz CT molecular complexity index is 1110. The number of ether oxygens (including phenoxy) is 2. The lowest BCUT2D eigenvalue weighted by Gasteiger charge is -2.23. The zero-order valence-electron chi connectivity index (χ0n) is 22.8. The van der Waals surface area contributed by atoms with E-state index in [0.717, 1.165) is 54.3 Å². The van der Waals surface area contributed by atoms with E-state index in [1.165, 1.54) is 5.69 Å². The average Bonchev–Trinajstić information content (AvgIpc) is 2.90. The minimum absolute atomic E-state index is 0. The van der Waals surface area contributed by atoms with Crippen molar-refractivity contribution in [2.75, 3.05) is 34.4 Å². The van der Waals surface area contributed by atoms with Crippen LogP contribution < -0.4 is 33.2 Å². The molecule has 3 aromatic rings. The molecule has 0 aliphatic carbocycles. The van der Waals surface area contributed by atoms with Gasteiger partial charge in [0, 0.05) is 11.1 Å². The fraction of sp³-hybridized carbons (Fsp3) is 0.375. The smallest absolute Gasteiger partial charge is 0.310 e. The molecule has 204 valence electrons. The summed E-state index contributed by atoms with van der Waals surface area (Å²) in [4.78, 5) is 24.5. The van der Waals surface area contributed by atoms with Crippen LogP contribution in [0.4, 0.5) is 5.69 Å². The lowest BCUT2D eigenvalue weighted by molar-refractivity contribution is -0.142. The van der Waals surface area contributed by atoms with Gasteiger partial charge in [0.2, 0.25) is 0 Å². The molecule has 0 atom stereocenters. The van der Waals surface area contributed by atoms with Gasteiger partial charge < -0.3 is 33.5 Å². The van der Waals surface area contributed by atoms with Gasteiger partial charge in [0.05, 0.1) is 40.8 Å². The Balaban J connectivity index is 0.00000507. The van der Waals surface area contributed by atoms with Crippen molar-refractivity contribution in [3.05, 3.63) is 95.6 Å². The normalized spacial score (nSPS) is 10.9. The first kappa shape index (κ1) is 31.5. The van der Waals surface area contributed by atoms with Crippen molar-refractivity contribution < 1.29 is 43.0 Å². The molecule has 0 unspecified atom stereocenters. The number of halogens is 1. The van der Waals surface area contributed by atoms with Gasteiger partial charge in [-0.2, -0.15) is 0 Å². The predicted molar refractivity (Wildman–Crippen MR) is 150 cm³/mol. The largest absolute Gasteiger partial charge is 1.00 e. The number of carbonyl (C=O) groups is 2. The van der Waals surface area contributed by atoms with E-state index in [9.17, 15) is 9.59 Å². The first-order valence-electron chi connectivity index (χ1n) is 13.2. The van der Waals surface area contributed by atoms with Gasteiger partial charge in [0.1, 0.15) is 11.4 Å². The Hall–Kier alpha value is -2.71. The van der Waals surface area contributed by atoms with Crippen LogP contribution in [0.25, 0.3) is 0 Å². The van der Waals surface area contributed by atoms with Crippen molar-refractivity contribution in [3.63, 3.8) is 0 Å². The molecule has 3 rings (SSSR count). The van der Waals surface area contributed by atoms with Gasteiger partial charge in [0.25, 0.3) is 0 Å². The highest BCUT2D eigenvalue weighted by atomic mass is 127.